The van der Waals surface area contributed by atoms with Crippen molar-refractivity contribution in [2.24, 2.45) is 0 Å². The average Bonchev–Trinajstić information content (AvgIpc) is 2.27. The Morgan fingerprint density at radius 2 is 0.800 bits per heavy atom. The van der Waals surface area contributed by atoms with E-state index < -0.39 is 0 Å². The maximum atomic E-state index is 1.63. The fourth-order valence-corrected chi connectivity index (χ4v) is 129. The van der Waals surface area contributed by atoms with Gasteiger partial charge in [-0.25, -0.2) is 0 Å². The molecule has 0 radical (unpaired) electrons. The van der Waals surface area contributed by atoms with Crippen LogP contribution < -0.4 is 0 Å². The molecule has 0 nitrogen and oxygen atoms in total. The first kappa shape index (κ1) is 16.2. The van der Waals surface area contributed by atoms with Gasteiger partial charge >= 0.3 is 127 Å². The molecular formula is C9H18Se6. The molecule has 0 aromatic heterocycles. The fourth-order valence-electron chi connectivity index (χ4n) is 1.34. The summed E-state index contributed by atoms with van der Waals surface area (Å²) in [7, 11) is 0. The van der Waals surface area contributed by atoms with Crippen molar-refractivity contribution in [1.29, 1.82) is 0 Å². The quantitative estimate of drug-likeness (QED) is 0.369. The minimum atomic E-state index is 1.11. The molecular weight excluding hydrogens is 582 g/mol. The zero-order valence-corrected chi connectivity index (χ0v) is 19.1. The Balaban J connectivity index is 2.01. The van der Waals surface area contributed by atoms with Crippen molar-refractivity contribution < 1.29 is 0 Å². The Hall–Kier alpha value is 3.12. The third kappa shape index (κ3) is 11.9. The second kappa shape index (κ2) is 13.5. The van der Waals surface area contributed by atoms with Gasteiger partial charge in [0.25, 0.3) is 0 Å². The molecule has 0 N–H and O–H groups in total. The third-order valence-electron chi connectivity index (χ3n) is 2.13. The van der Waals surface area contributed by atoms with Crippen molar-refractivity contribution >= 4 is 71.5 Å². The van der Waals surface area contributed by atoms with E-state index in [0.29, 0.717) is 0 Å². The summed E-state index contributed by atoms with van der Waals surface area (Å²) in [6, 6.07) is 0. The summed E-state index contributed by atoms with van der Waals surface area (Å²) in [6.45, 7) is 0. The van der Waals surface area contributed by atoms with Crippen molar-refractivity contribution in [3.8, 4) is 0 Å². The standard InChI is InChI=1S/C9H18Se6/c1-2-4-6-8-10-12-14-15-13-11-9-7-5-3-1/h1-9H2. The van der Waals surface area contributed by atoms with Crippen molar-refractivity contribution in [3.63, 3.8) is 0 Å². The fraction of sp³-hybridized carbons (Fsp3) is 1.00. The van der Waals surface area contributed by atoms with Gasteiger partial charge in [-0.3, -0.25) is 0 Å². The molecule has 0 atom stereocenters. The van der Waals surface area contributed by atoms with Crippen LogP contribution in [0.4, 0.5) is 0 Å². The van der Waals surface area contributed by atoms with Crippen molar-refractivity contribution in [1.82, 2.24) is 0 Å². The molecule has 0 saturated carbocycles. The summed E-state index contributed by atoms with van der Waals surface area (Å²) in [4.78, 5) is 0. The molecule has 0 aromatic carbocycles. The van der Waals surface area contributed by atoms with Crippen molar-refractivity contribution in [3.05, 3.63) is 0 Å². The van der Waals surface area contributed by atoms with Crippen LogP contribution in [0.15, 0.2) is 0 Å². The van der Waals surface area contributed by atoms with E-state index in [1.54, 1.807) is 36.3 Å². The Kier molecular flexibility index (Phi) is 14.6. The van der Waals surface area contributed by atoms with E-state index in [1.807, 2.05) is 0 Å². The zero-order chi connectivity index (χ0) is 10.6. The van der Waals surface area contributed by atoms with Crippen molar-refractivity contribution in [2.45, 2.75) is 55.6 Å². The Bertz CT molecular complexity index is 73.2. The maximum absolute atomic E-state index is 1.63. The second-order valence-electron chi connectivity index (χ2n) is 3.39. The minimum absolute atomic E-state index is 1.11. The summed E-state index contributed by atoms with van der Waals surface area (Å²) in [5.41, 5.74) is 0. The van der Waals surface area contributed by atoms with Gasteiger partial charge in [0.1, 0.15) is 0 Å². The zero-order valence-electron chi connectivity index (χ0n) is 8.81. The Labute approximate surface area is 125 Å². The molecule has 0 amide bonds. The Morgan fingerprint density at radius 1 is 0.400 bits per heavy atom. The first-order valence-corrected chi connectivity index (χ1v) is 29.5. The van der Waals surface area contributed by atoms with Gasteiger partial charge in [0.15, 0.2) is 0 Å². The molecule has 0 aromatic rings. The summed E-state index contributed by atoms with van der Waals surface area (Å²) in [5.74, 6) is 0. The summed E-state index contributed by atoms with van der Waals surface area (Å²) >= 11 is 6.91. The van der Waals surface area contributed by atoms with E-state index in [2.05, 4.69) is 0 Å². The van der Waals surface area contributed by atoms with Gasteiger partial charge in [-0.2, -0.15) is 0 Å². The van der Waals surface area contributed by atoms with E-state index in [1.165, 1.54) is 41.9 Å². The molecule has 90 valence electrons. The van der Waals surface area contributed by atoms with Crippen LogP contribution in [0.25, 0.3) is 0 Å². The van der Waals surface area contributed by atoms with E-state index in [-0.39, 0.29) is 0 Å². The average molecular weight is 600 g/mol. The molecule has 6 heteroatoms. The van der Waals surface area contributed by atoms with E-state index in [4.69, 9.17) is 0 Å². The predicted octanol–water partition coefficient (Wildman–Crippen LogP) is 1.37. The van der Waals surface area contributed by atoms with Crippen LogP contribution in [0.1, 0.15) is 44.9 Å². The normalized spacial score (nSPS) is 24.0. The van der Waals surface area contributed by atoms with Gasteiger partial charge in [0.2, 0.25) is 0 Å². The molecule has 0 bridgehead atoms. The van der Waals surface area contributed by atoms with Gasteiger partial charge < -0.3 is 0 Å². The van der Waals surface area contributed by atoms with Crippen LogP contribution in [0.2, 0.25) is 10.6 Å². The van der Waals surface area contributed by atoms with Gasteiger partial charge in [-0.05, 0) is 0 Å². The van der Waals surface area contributed by atoms with Crippen LogP contribution in [-0.4, -0.2) is 71.5 Å². The van der Waals surface area contributed by atoms with E-state index in [9.17, 15) is 0 Å². The number of hydrogen-bond acceptors (Lipinski definition) is 0. The molecule has 1 heterocycles. The molecule has 1 fully saturated rings. The van der Waals surface area contributed by atoms with E-state index >= 15 is 0 Å². The topological polar surface area (TPSA) is 0 Å². The SMILES string of the molecule is C1CCCC[Se][Se][Se][Se][Se][Se]CCCC1. The first-order chi connectivity index (χ1) is 7.50. The van der Waals surface area contributed by atoms with Gasteiger partial charge in [-0.1, -0.05) is 0 Å². The van der Waals surface area contributed by atoms with Crippen LogP contribution >= 0.6 is 0 Å². The molecule has 1 saturated heterocycles. The number of rotatable bonds is 0. The van der Waals surface area contributed by atoms with Crippen LogP contribution in [-0.2, 0) is 0 Å². The van der Waals surface area contributed by atoms with Crippen LogP contribution in [0, 0.1) is 0 Å². The molecule has 1 aliphatic heterocycles. The molecule has 15 heavy (non-hydrogen) atoms. The third-order valence-corrected chi connectivity index (χ3v) is 81.7. The van der Waals surface area contributed by atoms with Crippen LogP contribution in [0.5, 0.6) is 0 Å². The molecule has 0 aliphatic carbocycles. The molecule has 1 rings (SSSR count). The summed E-state index contributed by atoms with van der Waals surface area (Å²) < 4.78 is 0. The van der Waals surface area contributed by atoms with Gasteiger partial charge in [0, 0.05) is 0 Å². The first-order valence-electron chi connectivity index (χ1n) is 5.41. The van der Waals surface area contributed by atoms with E-state index in [0.717, 1.165) is 48.9 Å². The molecule has 1 aliphatic rings. The monoisotopic (exact) mass is 606 g/mol. The summed E-state index contributed by atoms with van der Waals surface area (Å²) in [5, 5.41) is 3.26. The Morgan fingerprint density at radius 3 is 1.27 bits per heavy atom. The van der Waals surface area contributed by atoms with Crippen molar-refractivity contribution in [2.75, 3.05) is 0 Å². The summed E-state index contributed by atoms with van der Waals surface area (Å²) in [6.07, 6.45) is 10.8. The molecule has 0 unspecified atom stereocenters. The molecule has 0 spiro atoms. The van der Waals surface area contributed by atoms with Gasteiger partial charge in [-0.15, -0.1) is 0 Å². The second-order valence-corrected chi connectivity index (χ2v) is 49.1. The predicted molar refractivity (Wildman–Crippen MR) is 76.5 cm³/mol. The van der Waals surface area contributed by atoms with Gasteiger partial charge in [0.05, 0.1) is 0 Å². The van der Waals surface area contributed by atoms with Crippen LogP contribution in [0.3, 0.4) is 0 Å². The number of hydrogen-bond donors (Lipinski definition) is 0.